The molecule has 0 aliphatic heterocycles. The van der Waals surface area contributed by atoms with Crippen molar-refractivity contribution in [2.45, 2.75) is 39.8 Å². The average Bonchev–Trinajstić information content (AvgIpc) is 2.87. The molecule has 0 fully saturated rings. The monoisotopic (exact) mass is 288 g/mol. The number of aryl methyl sites for hydroxylation is 2. The minimum atomic E-state index is 0.244. The molecule has 1 N–H and O–H groups in total. The van der Waals surface area contributed by atoms with Gasteiger partial charge in [0.05, 0.1) is 30.6 Å². The van der Waals surface area contributed by atoms with E-state index in [0.29, 0.717) is 13.2 Å². The van der Waals surface area contributed by atoms with E-state index in [-0.39, 0.29) is 6.04 Å². The molecule has 0 amide bonds. The van der Waals surface area contributed by atoms with Crippen LogP contribution in [0, 0.1) is 6.92 Å². The molecule has 2 rings (SSSR count). The summed E-state index contributed by atoms with van der Waals surface area (Å²) < 4.78 is 7.35. The Morgan fingerprint density at radius 1 is 1.43 bits per heavy atom. The van der Waals surface area contributed by atoms with Gasteiger partial charge in [-0.3, -0.25) is 4.98 Å². The van der Waals surface area contributed by atoms with E-state index in [4.69, 9.17) is 4.74 Å². The van der Waals surface area contributed by atoms with Crippen LogP contribution in [0.1, 0.15) is 36.8 Å². The maximum Gasteiger partial charge on any atom is 0.203 e. The number of methoxy groups -OCH3 is 1. The van der Waals surface area contributed by atoms with Gasteiger partial charge in [-0.2, -0.15) is 0 Å². The molecule has 1 atom stereocenters. The second kappa shape index (κ2) is 7.22. The van der Waals surface area contributed by atoms with Crippen LogP contribution in [0.25, 0.3) is 0 Å². The molecule has 0 saturated heterocycles. The summed E-state index contributed by atoms with van der Waals surface area (Å²) >= 11 is 0. The van der Waals surface area contributed by atoms with E-state index in [2.05, 4.69) is 39.8 Å². The van der Waals surface area contributed by atoms with E-state index in [1.807, 2.05) is 25.4 Å². The van der Waals surface area contributed by atoms with E-state index in [9.17, 15) is 0 Å². The molecule has 0 bridgehead atoms. The first-order valence-electron chi connectivity index (χ1n) is 7.36. The Kier molecular flexibility index (Phi) is 5.33. The topological polar surface area (TPSA) is 52.0 Å². The van der Waals surface area contributed by atoms with Crippen molar-refractivity contribution in [3.63, 3.8) is 0 Å². The highest BCUT2D eigenvalue weighted by Crippen LogP contribution is 2.17. The molecule has 1 unspecified atom stereocenters. The maximum atomic E-state index is 5.23. The average molecular weight is 288 g/mol. The number of hydrogen-bond acceptors (Lipinski definition) is 4. The first-order valence-corrected chi connectivity index (χ1v) is 7.36. The van der Waals surface area contributed by atoms with Gasteiger partial charge in [0, 0.05) is 19.5 Å². The standard InChI is InChI=1S/C16H24N4O/c1-5-14-7-6-8-17-15(14)9-18-16-19-12(2)10-20(16)13(3)11-21-4/h6-8,10,13H,5,9,11H2,1-4H3,(H,18,19). The Hall–Kier alpha value is -1.88. The third-order valence-corrected chi connectivity index (χ3v) is 3.51. The van der Waals surface area contributed by atoms with E-state index < -0.39 is 0 Å². The fraction of sp³-hybridized carbons (Fsp3) is 0.500. The number of anilines is 1. The summed E-state index contributed by atoms with van der Waals surface area (Å²) in [4.78, 5) is 9.01. The van der Waals surface area contributed by atoms with Gasteiger partial charge in [-0.1, -0.05) is 13.0 Å². The van der Waals surface area contributed by atoms with Crippen LogP contribution < -0.4 is 5.32 Å². The van der Waals surface area contributed by atoms with Gasteiger partial charge in [-0.05, 0) is 31.9 Å². The Morgan fingerprint density at radius 3 is 2.95 bits per heavy atom. The predicted molar refractivity (Wildman–Crippen MR) is 84.5 cm³/mol. The smallest absolute Gasteiger partial charge is 0.203 e. The molecule has 2 aromatic rings. The van der Waals surface area contributed by atoms with Crippen molar-refractivity contribution in [3.8, 4) is 0 Å². The summed E-state index contributed by atoms with van der Waals surface area (Å²) in [5.74, 6) is 0.866. The van der Waals surface area contributed by atoms with E-state index in [0.717, 1.165) is 23.8 Å². The summed E-state index contributed by atoms with van der Waals surface area (Å²) in [5, 5.41) is 3.40. The maximum absolute atomic E-state index is 5.23. The normalized spacial score (nSPS) is 12.4. The summed E-state index contributed by atoms with van der Waals surface area (Å²) in [5.41, 5.74) is 3.34. The predicted octanol–water partition coefficient (Wildman–Crippen LogP) is 2.97. The van der Waals surface area contributed by atoms with Gasteiger partial charge in [0.15, 0.2) is 0 Å². The number of ether oxygens (including phenoxy) is 1. The quantitative estimate of drug-likeness (QED) is 0.851. The number of imidazole rings is 1. The zero-order valence-electron chi connectivity index (χ0n) is 13.3. The van der Waals surface area contributed by atoms with Crippen LogP contribution in [-0.2, 0) is 17.7 Å². The van der Waals surface area contributed by atoms with Gasteiger partial charge in [0.25, 0.3) is 0 Å². The number of pyridine rings is 1. The molecular formula is C16H24N4O. The van der Waals surface area contributed by atoms with Crippen LogP contribution in [-0.4, -0.2) is 28.3 Å². The molecule has 0 spiro atoms. The second-order valence-electron chi connectivity index (χ2n) is 5.23. The second-order valence-corrected chi connectivity index (χ2v) is 5.23. The number of rotatable bonds is 7. The molecule has 5 nitrogen and oxygen atoms in total. The van der Waals surface area contributed by atoms with Crippen LogP contribution in [0.5, 0.6) is 0 Å². The van der Waals surface area contributed by atoms with Crippen LogP contribution in [0.4, 0.5) is 5.95 Å². The molecule has 5 heteroatoms. The fourth-order valence-electron chi connectivity index (χ4n) is 2.42. The molecule has 2 heterocycles. The molecule has 114 valence electrons. The lowest BCUT2D eigenvalue weighted by atomic mass is 10.1. The van der Waals surface area contributed by atoms with Crippen LogP contribution >= 0.6 is 0 Å². The third kappa shape index (κ3) is 3.82. The lowest BCUT2D eigenvalue weighted by molar-refractivity contribution is 0.163. The highest BCUT2D eigenvalue weighted by atomic mass is 16.5. The summed E-state index contributed by atoms with van der Waals surface area (Å²) in [7, 11) is 1.72. The first-order chi connectivity index (χ1) is 10.2. The summed E-state index contributed by atoms with van der Waals surface area (Å²) in [6, 6.07) is 4.34. The van der Waals surface area contributed by atoms with Crippen molar-refractivity contribution in [3.05, 3.63) is 41.5 Å². The molecule has 0 aliphatic carbocycles. The van der Waals surface area contributed by atoms with Gasteiger partial charge in [-0.15, -0.1) is 0 Å². The first kappa shape index (κ1) is 15.5. The van der Waals surface area contributed by atoms with Crippen LogP contribution in [0.15, 0.2) is 24.5 Å². The van der Waals surface area contributed by atoms with Gasteiger partial charge in [0.1, 0.15) is 0 Å². The van der Waals surface area contributed by atoms with Crippen molar-refractivity contribution in [2.24, 2.45) is 0 Å². The minimum absolute atomic E-state index is 0.244. The van der Waals surface area contributed by atoms with Crippen molar-refractivity contribution < 1.29 is 4.74 Å². The molecular weight excluding hydrogens is 264 g/mol. The van der Waals surface area contributed by atoms with Gasteiger partial charge >= 0.3 is 0 Å². The van der Waals surface area contributed by atoms with Crippen molar-refractivity contribution in [1.29, 1.82) is 0 Å². The van der Waals surface area contributed by atoms with Crippen molar-refractivity contribution >= 4 is 5.95 Å². The third-order valence-electron chi connectivity index (χ3n) is 3.51. The number of nitrogens with one attached hydrogen (secondary N) is 1. The van der Waals surface area contributed by atoms with Gasteiger partial charge < -0.3 is 14.6 Å². The number of aromatic nitrogens is 3. The highest BCUT2D eigenvalue weighted by molar-refractivity contribution is 5.32. The van der Waals surface area contributed by atoms with E-state index in [1.54, 1.807) is 7.11 Å². The Labute approximate surface area is 126 Å². The number of hydrogen-bond donors (Lipinski definition) is 1. The molecule has 0 aliphatic rings. The van der Waals surface area contributed by atoms with Gasteiger partial charge in [-0.25, -0.2) is 4.98 Å². The molecule has 2 aromatic heterocycles. The number of nitrogens with zero attached hydrogens (tertiary/aromatic N) is 3. The minimum Gasteiger partial charge on any atom is -0.383 e. The van der Waals surface area contributed by atoms with E-state index in [1.165, 1.54) is 5.56 Å². The molecule has 0 radical (unpaired) electrons. The van der Waals surface area contributed by atoms with Crippen LogP contribution in [0.2, 0.25) is 0 Å². The molecule has 0 saturated carbocycles. The van der Waals surface area contributed by atoms with Crippen LogP contribution in [0.3, 0.4) is 0 Å². The SMILES string of the molecule is CCc1cccnc1CNc1nc(C)cn1C(C)COC. The fourth-order valence-corrected chi connectivity index (χ4v) is 2.42. The van der Waals surface area contributed by atoms with Gasteiger partial charge in [0.2, 0.25) is 5.95 Å². The molecule has 21 heavy (non-hydrogen) atoms. The van der Waals surface area contributed by atoms with Crippen molar-refractivity contribution in [1.82, 2.24) is 14.5 Å². The Balaban J connectivity index is 2.13. The summed E-state index contributed by atoms with van der Waals surface area (Å²) in [6.45, 7) is 7.61. The lowest BCUT2D eigenvalue weighted by Crippen LogP contribution is -2.15. The highest BCUT2D eigenvalue weighted by Gasteiger charge is 2.12. The lowest BCUT2D eigenvalue weighted by Gasteiger charge is -2.16. The van der Waals surface area contributed by atoms with Crippen molar-refractivity contribution in [2.75, 3.05) is 19.0 Å². The largest absolute Gasteiger partial charge is 0.383 e. The Bertz CT molecular complexity index is 579. The summed E-state index contributed by atoms with van der Waals surface area (Å²) in [6.07, 6.45) is 4.87. The zero-order valence-corrected chi connectivity index (χ0v) is 13.3. The Morgan fingerprint density at radius 2 is 2.24 bits per heavy atom. The van der Waals surface area contributed by atoms with E-state index >= 15 is 0 Å². The zero-order chi connectivity index (χ0) is 15.2. The molecule has 0 aromatic carbocycles.